The highest BCUT2D eigenvalue weighted by atomic mass is 15.2. The molecule has 1 aromatic carbocycles. The Morgan fingerprint density at radius 3 is 2.62 bits per heavy atom. The molecule has 1 aliphatic heterocycles. The van der Waals surface area contributed by atoms with E-state index < -0.39 is 0 Å². The summed E-state index contributed by atoms with van der Waals surface area (Å²) in [7, 11) is 2.10. The van der Waals surface area contributed by atoms with Gasteiger partial charge in [-0.25, -0.2) is 0 Å². The van der Waals surface area contributed by atoms with Crippen molar-refractivity contribution in [2.24, 2.45) is 4.99 Å². The lowest BCUT2D eigenvalue weighted by Gasteiger charge is -2.20. The molecule has 2 nitrogen and oxygen atoms in total. The van der Waals surface area contributed by atoms with Crippen molar-refractivity contribution in [2.45, 2.75) is 6.42 Å². The summed E-state index contributed by atoms with van der Waals surface area (Å²) in [6, 6.07) is 10.4. The average molecular weight is 174 g/mol. The Morgan fingerprint density at radius 2 is 2.00 bits per heavy atom. The maximum absolute atomic E-state index is 4.52. The van der Waals surface area contributed by atoms with Gasteiger partial charge in [-0.15, -0.1) is 0 Å². The average Bonchev–Trinajstić information content (AvgIpc) is 2.20. The van der Waals surface area contributed by atoms with Crippen LogP contribution in [0.5, 0.6) is 0 Å². The third-order valence-corrected chi connectivity index (χ3v) is 2.34. The van der Waals surface area contributed by atoms with Crippen LogP contribution in [0, 0.1) is 0 Å². The first-order valence-corrected chi connectivity index (χ1v) is 4.63. The lowest BCUT2D eigenvalue weighted by Crippen LogP contribution is -2.27. The molecule has 2 heteroatoms. The molecule has 0 aromatic heterocycles. The van der Waals surface area contributed by atoms with Gasteiger partial charge in [0.25, 0.3) is 0 Å². The topological polar surface area (TPSA) is 15.6 Å². The first-order valence-electron chi connectivity index (χ1n) is 4.63. The first kappa shape index (κ1) is 8.45. The van der Waals surface area contributed by atoms with Crippen LogP contribution < -0.4 is 0 Å². The van der Waals surface area contributed by atoms with Gasteiger partial charge in [-0.3, -0.25) is 9.89 Å². The van der Waals surface area contributed by atoms with Gasteiger partial charge in [-0.1, -0.05) is 30.3 Å². The summed E-state index contributed by atoms with van der Waals surface area (Å²) < 4.78 is 0. The Morgan fingerprint density at radius 1 is 1.23 bits per heavy atom. The molecule has 0 N–H and O–H groups in total. The van der Waals surface area contributed by atoms with Crippen molar-refractivity contribution in [3.63, 3.8) is 0 Å². The van der Waals surface area contributed by atoms with Gasteiger partial charge in [-0.2, -0.15) is 0 Å². The number of benzene rings is 1. The Hall–Kier alpha value is -1.15. The van der Waals surface area contributed by atoms with Crippen molar-refractivity contribution < 1.29 is 0 Å². The van der Waals surface area contributed by atoms with Crippen LogP contribution in [0.2, 0.25) is 0 Å². The Labute approximate surface area is 78.9 Å². The van der Waals surface area contributed by atoms with Crippen LogP contribution in [0.3, 0.4) is 0 Å². The first-order chi connectivity index (χ1) is 6.36. The number of hydrogen-bond acceptors (Lipinski definition) is 2. The largest absolute Gasteiger partial charge is 0.287 e. The van der Waals surface area contributed by atoms with E-state index in [2.05, 4.69) is 41.2 Å². The van der Waals surface area contributed by atoms with E-state index in [-0.39, 0.29) is 0 Å². The van der Waals surface area contributed by atoms with Gasteiger partial charge in [0.2, 0.25) is 0 Å². The van der Waals surface area contributed by atoms with Crippen molar-refractivity contribution in [3.05, 3.63) is 35.9 Å². The number of rotatable bonds is 1. The molecule has 0 unspecified atom stereocenters. The van der Waals surface area contributed by atoms with Crippen molar-refractivity contribution in [3.8, 4) is 0 Å². The maximum atomic E-state index is 4.52. The van der Waals surface area contributed by atoms with E-state index >= 15 is 0 Å². The Bertz CT molecular complexity index is 303. The molecule has 0 spiro atoms. The maximum Gasteiger partial charge on any atom is 0.0910 e. The van der Waals surface area contributed by atoms with Gasteiger partial charge < -0.3 is 0 Å². The minimum atomic E-state index is 0.838. The lowest BCUT2D eigenvalue weighted by molar-refractivity contribution is 0.344. The summed E-state index contributed by atoms with van der Waals surface area (Å²) in [4.78, 5) is 6.75. The van der Waals surface area contributed by atoms with E-state index in [1.165, 1.54) is 11.3 Å². The molecule has 0 fully saturated rings. The minimum Gasteiger partial charge on any atom is -0.287 e. The second-order valence-electron chi connectivity index (χ2n) is 3.44. The summed E-state index contributed by atoms with van der Waals surface area (Å²) in [6.07, 6.45) is 1.07. The highest BCUT2D eigenvalue weighted by molar-refractivity contribution is 6.00. The quantitative estimate of drug-likeness (QED) is 0.633. The van der Waals surface area contributed by atoms with Crippen LogP contribution in [0.25, 0.3) is 0 Å². The normalized spacial score (nSPS) is 18.4. The Kier molecular flexibility index (Phi) is 2.41. The molecular weight excluding hydrogens is 160 g/mol. The molecule has 2 rings (SSSR count). The van der Waals surface area contributed by atoms with Crippen molar-refractivity contribution in [2.75, 3.05) is 20.3 Å². The third-order valence-electron chi connectivity index (χ3n) is 2.34. The van der Waals surface area contributed by atoms with Gasteiger partial charge in [0.05, 0.1) is 6.67 Å². The van der Waals surface area contributed by atoms with E-state index in [9.17, 15) is 0 Å². The highest BCUT2D eigenvalue weighted by Crippen LogP contribution is 2.09. The molecule has 1 aliphatic rings. The van der Waals surface area contributed by atoms with E-state index in [0.717, 1.165) is 19.6 Å². The van der Waals surface area contributed by atoms with E-state index in [4.69, 9.17) is 0 Å². The van der Waals surface area contributed by atoms with Gasteiger partial charge in [0, 0.05) is 18.7 Å². The molecule has 0 amide bonds. The molecule has 1 heterocycles. The fourth-order valence-electron chi connectivity index (χ4n) is 1.52. The molecule has 0 saturated carbocycles. The highest BCUT2D eigenvalue weighted by Gasteiger charge is 2.09. The lowest BCUT2D eigenvalue weighted by atomic mass is 10.1. The second kappa shape index (κ2) is 3.71. The summed E-state index contributed by atoms with van der Waals surface area (Å²) >= 11 is 0. The van der Waals surface area contributed by atoms with Crippen LogP contribution in [-0.4, -0.2) is 30.9 Å². The molecule has 0 bridgehead atoms. The van der Waals surface area contributed by atoms with Crippen LogP contribution in [0.1, 0.15) is 12.0 Å². The zero-order chi connectivity index (χ0) is 9.10. The smallest absolute Gasteiger partial charge is 0.0910 e. The number of hydrogen-bond donors (Lipinski definition) is 0. The van der Waals surface area contributed by atoms with Gasteiger partial charge >= 0.3 is 0 Å². The van der Waals surface area contributed by atoms with E-state index in [1.54, 1.807) is 0 Å². The predicted molar refractivity (Wildman–Crippen MR) is 55.1 cm³/mol. The van der Waals surface area contributed by atoms with Crippen molar-refractivity contribution in [1.82, 2.24) is 4.90 Å². The molecule has 0 atom stereocenters. The summed E-state index contributed by atoms with van der Waals surface area (Å²) in [6.45, 7) is 1.96. The molecular formula is C11H14N2. The van der Waals surface area contributed by atoms with Crippen LogP contribution in [-0.2, 0) is 0 Å². The van der Waals surface area contributed by atoms with E-state index in [1.807, 2.05) is 6.07 Å². The van der Waals surface area contributed by atoms with Crippen LogP contribution in [0.15, 0.2) is 35.3 Å². The standard InChI is InChI=1S/C11H14N2/c1-13-8-7-11(12-9-13)10-5-3-2-4-6-10/h2-6H,7-9H2,1H3. The minimum absolute atomic E-state index is 0.838. The van der Waals surface area contributed by atoms with Crippen molar-refractivity contribution >= 4 is 5.71 Å². The summed E-state index contributed by atoms with van der Waals surface area (Å²) in [5, 5.41) is 0. The molecule has 0 saturated heterocycles. The second-order valence-corrected chi connectivity index (χ2v) is 3.44. The predicted octanol–water partition coefficient (Wildman–Crippen LogP) is 1.77. The fourth-order valence-corrected chi connectivity index (χ4v) is 1.52. The number of nitrogens with zero attached hydrogens (tertiary/aromatic N) is 2. The van der Waals surface area contributed by atoms with E-state index in [0.29, 0.717) is 0 Å². The summed E-state index contributed by atoms with van der Waals surface area (Å²) in [5.41, 5.74) is 2.52. The monoisotopic (exact) mass is 174 g/mol. The molecule has 13 heavy (non-hydrogen) atoms. The SMILES string of the molecule is CN1CCC(c2ccccc2)=NC1. The van der Waals surface area contributed by atoms with Crippen molar-refractivity contribution in [1.29, 1.82) is 0 Å². The van der Waals surface area contributed by atoms with Gasteiger partial charge in [0.15, 0.2) is 0 Å². The van der Waals surface area contributed by atoms with Gasteiger partial charge in [-0.05, 0) is 12.6 Å². The zero-order valence-electron chi connectivity index (χ0n) is 7.90. The molecule has 1 aromatic rings. The molecule has 68 valence electrons. The molecule has 0 radical (unpaired) electrons. The zero-order valence-corrected chi connectivity index (χ0v) is 7.90. The Balaban J connectivity index is 2.19. The van der Waals surface area contributed by atoms with Crippen LogP contribution in [0.4, 0.5) is 0 Å². The molecule has 0 aliphatic carbocycles. The third kappa shape index (κ3) is 1.95. The fraction of sp³-hybridized carbons (Fsp3) is 0.364. The summed E-state index contributed by atoms with van der Waals surface area (Å²) in [5.74, 6) is 0. The van der Waals surface area contributed by atoms with Gasteiger partial charge in [0.1, 0.15) is 0 Å². The number of aliphatic imine (C=N–C) groups is 1. The van der Waals surface area contributed by atoms with Crippen LogP contribution >= 0.6 is 0 Å².